The zero-order valence-corrected chi connectivity index (χ0v) is 10.3. The van der Waals surface area contributed by atoms with Gasteiger partial charge in [-0.25, -0.2) is 0 Å². The van der Waals surface area contributed by atoms with Crippen molar-refractivity contribution in [3.63, 3.8) is 0 Å². The van der Waals surface area contributed by atoms with E-state index >= 15 is 0 Å². The maximum absolute atomic E-state index is 11.2. The topological polar surface area (TPSA) is 52.7 Å². The molecule has 1 rings (SSSR count). The third-order valence-corrected chi connectivity index (χ3v) is 3.21. The predicted molar refractivity (Wildman–Crippen MR) is 62.0 cm³/mol. The fourth-order valence-electron chi connectivity index (χ4n) is 2.06. The highest BCUT2D eigenvalue weighted by Crippen LogP contribution is 2.14. The van der Waals surface area contributed by atoms with Crippen LogP contribution in [0.15, 0.2) is 0 Å². The lowest BCUT2D eigenvalue weighted by atomic mass is 10.0. The second-order valence-corrected chi connectivity index (χ2v) is 4.33. The Morgan fingerprint density at radius 2 is 1.94 bits per heavy atom. The number of piperidine rings is 1. The van der Waals surface area contributed by atoms with Crippen molar-refractivity contribution in [2.75, 3.05) is 33.7 Å². The van der Waals surface area contributed by atoms with Gasteiger partial charge in [-0.3, -0.25) is 14.5 Å². The number of amides is 2. The van der Waals surface area contributed by atoms with E-state index in [2.05, 4.69) is 10.2 Å². The van der Waals surface area contributed by atoms with Crippen LogP contribution < -0.4 is 5.32 Å². The average molecular weight is 227 g/mol. The molecule has 16 heavy (non-hydrogen) atoms. The molecule has 0 atom stereocenters. The number of likely N-dealkylation sites (N-methyl/N-ethyl adjacent to an activating group) is 2. The molecule has 0 saturated carbocycles. The molecule has 1 aliphatic rings. The molecule has 92 valence electrons. The number of carbonyl (C=O) groups excluding carboxylic acids is 2. The van der Waals surface area contributed by atoms with Crippen LogP contribution in [0.5, 0.6) is 0 Å². The van der Waals surface area contributed by atoms with Gasteiger partial charge in [0, 0.05) is 33.1 Å². The minimum atomic E-state index is 0.0384. The van der Waals surface area contributed by atoms with Gasteiger partial charge in [0.1, 0.15) is 0 Å². The Balaban J connectivity index is 2.35. The summed E-state index contributed by atoms with van der Waals surface area (Å²) in [6, 6.07) is 0.410. The molecule has 0 radical (unpaired) electrons. The van der Waals surface area contributed by atoms with Gasteiger partial charge < -0.3 is 10.2 Å². The van der Waals surface area contributed by atoms with Gasteiger partial charge in [-0.05, 0) is 19.9 Å². The maximum atomic E-state index is 11.2. The van der Waals surface area contributed by atoms with Crippen LogP contribution in [0.4, 0.5) is 0 Å². The third kappa shape index (κ3) is 3.48. The molecule has 0 spiro atoms. The Bertz CT molecular complexity index is 260. The largest absolute Gasteiger partial charge is 0.358 e. The van der Waals surface area contributed by atoms with Gasteiger partial charge in [-0.1, -0.05) is 0 Å². The van der Waals surface area contributed by atoms with E-state index in [1.165, 1.54) is 0 Å². The summed E-state index contributed by atoms with van der Waals surface area (Å²) in [6.07, 6.45) is 1.90. The van der Waals surface area contributed by atoms with Gasteiger partial charge in [0.15, 0.2) is 0 Å². The highest BCUT2D eigenvalue weighted by atomic mass is 16.2. The maximum Gasteiger partial charge on any atom is 0.233 e. The van der Waals surface area contributed by atoms with Crippen LogP contribution in [0.3, 0.4) is 0 Å². The number of carbonyl (C=O) groups is 2. The van der Waals surface area contributed by atoms with Crippen molar-refractivity contribution in [3.05, 3.63) is 0 Å². The van der Waals surface area contributed by atoms with E-state index in [0.717, 1.165) is 25.9 Å². The molecule has 5 heteroatoms. The van der Waals surface area contributed by atoms with Crippen molar-refractivity contribution in [1.82, 2.24) is 15.1 Å². The Hall–Kier alpha value is -1.10. The molecule has 0 aromatic heterocycles. The molecule has 0 bridgehead atoms. The highest BCUT2D eigenvalue weighted by Gasteiger charge is 2.24. The summed E-state index contributed by atoms with van der Waals surface area (Å²) in [5.74, 6) is 0.184. The molecule has 0 unspecified atom stereocenters. The Kier molecular flexibility index (Phi) is 4.73. The van der Waals surface area contributed by atoms with Crippen LogP contribution in [0.2, 0.25) is 0 Å². The summed E-state index contributed by atoms with van der Waals surface area (Å²) < 4.78 is 0. The van der Waals surface area contributed by atoms with Gasteiger partial charge in [0.05, 0.1) is 6.54 Å². The van der Waals surface area contributed by atoms with Crippen molar-refractivity contribution in [3.8, 4) is 0 Å². The summed E-state index contributed by atoms with van der Waals surface area (Å²) >= 11 is 0. The first-order valence-corrected chi connectivity index (χ1v) is 5.71. The molecule has 0 aromatic rings. The van der Waals surface area contributed by atoms with Crippen LogP contribution in [-0.4, -0.2) is 61.4 Å². The molecule has 0 aromatic carbocycles. The zero-order valence-electron chi connectivity index (χ0n) is 10.3. The van der Waals surface area contributed by atoms with Crippen LogP contribution in [0.25, 0.3) is 0 Å². The number of hydrogen-bond acceptors (Lipinski definition) is 3. The molecule has 0 aliphatic carbocycles. The lowest BCUT2D eigenvalue weighted by Gasteiger charge is -2.36. The zero-order chi connectivity index (χ0) is 12.1. The van der Waals surface area contributed by atoms with Crippen molar-refractivity contribution < 1.29 is 9.59 Å². The minimum absolute atomic E-state index is 0.0384. The van der Waals surface area contributed by atoms with Gasteiger partial charge in [-0.15, -0.1) is 0 Å². The average Bonchev–Trinajstić information content (AvgIpc) is 2.28. The summed E-state index contributed by atoms with van der Waals surface area (Å²) in [5, 5.41) is 2.62. The van der Waals surface area contributed by atoms with E-state index in [9.17, 15) is 9.59 Å². The Morgan fingerprint density at radius 3 is 2.38 bits per heavy atom. The monoisotopic (exact) mass is 227 g/mol. The molecule has 1 aliphatic heterocycles. The molecule has 5 nitrogen and oxygen atoms in total. The molecular weight excluding hydrogens is 206 g/mol. The van der Waals surface area contributed by atoms with E-state index in [4.69, 9.17) is 0 Å². The van der Waals surface area contributed by atoms with Crippen LogP contribution in [-0.2, 0) is 9.59 Å². The van der Waals surface area contributed by atoms with Crippen molar-refractivity contribution >= 4 is 11.8 Å². The SMILES string of the molecule is CNC(=O)CN(C)C1CCN(C(C)=O)CC1. The normalized spacial score (nSPS) is 17.6. The van der Waals surface area contributed by atoms with E-state index in [1.54, 1.807) is 14.0 Å². The van der Waals surface area contributed by atoms with Crippen LogP contribution >= 0.6 is 0 Å². The first-order valence-electron chi connectivity index (χ1n) is 5.71. The number of hydrogen-bond donors (Lipinski definition) is 1. The van der Waals surface area contributed by atoms with E-state index < -0.39 is 0 Å². The predicted octanol–water partition coefficient (Wildman–Crippen LogP) is -0.325. The van der Waals surface area contributed by atoms with E-state index in [-0.39, 0.29) is 11.8 Å². The van der Waals surface area contributed by atoms with Crippen LogP contribution in [0, 0.1) is 0 Å². The quantitative estimate of drug-likeness (QED) is 0.718. The summed E-state index contributed by atoms with van der Waals surface area (Å²) in [5.41, 5.74) is 0. The molecule has 1 heterocycles. The minimum Gasteiger partial charge on any atom is -0.358 e. The highest BCUT2D eigenvalue weighted by molar-refractivity contribution is 5.77. The molecule has 1 N–H and O–H groups in total. The fourth-order valence-corrected chi connectivity index (χ4v) is 2.06. The number of nitrogens with zero attached hydrogens (tertiary/aromatic N) is 2. The second-order valence-electron chi connectivity index (χ2n) is 4.33. The van der Waals surface area contributed by atoms with E-state index in [1.807, 2.05) is 11.9 Å². The van der Waals surface area contributed by atoms with Crippen LogP contribution in [0.1, 0.15) is 19.8 Å². The van der Waals surface area contributed by atoms with E-state index in [0.29, 0.717) is 12.6 Å². The summed E-state index contributed by atoms with van der Waals surface area (Å²) in [4.78, 5) is 26.3. The molecular formula is C11H21N3O2. The van der Waals surface area contributed by atoms with Crippen molar-refractivity contribution in [1.29, 1.82) is 0 Å². The van der Waals surface area contributed by atoms with Gasteiger partial charge in [0.25, 0.3) is 0 Å². The standard InChI is InChI=1S/C11H21N3O2/c1-9(15)14-6-4-10(5-7-14)13(3)8-11(16)12-2/h10H,4-8H2,1-3H3,(H,12,16). The first-order chi connectivity index (χ1) is 7.54. The smallest absolute Gasteiger partial charge is 0.233 e. The Morgan fingerprint density at radius 1 is 1.38 bits per heavy atom. The van der Waals surface area contributed by atoms with Crippen molar-refractivity contribution in [2.45, 2.75) is 25.8 Å². The molecule has 2 amide bonds. The van der Waals surface area contributed by atoms with Gasteiger partial charge in [-0.2, -0.15) is 0 Å². The third-order valence-electron chi connectivity index (χ3n) is 3.21. The summed E-state index contributed by atoms with van der Waals surface area (Å²) in [7, 11) is 3.61. The summed E-state index contributed by atoms with van der Waals surface area (Å²) in [6.45, 7) is 3.64. The Labute approximate surface area is 96.8 Å². The fraction of sp³-hybridized carbons (Fsp3) is 0.818. The lowest BCUT2D eigenvalue weighted by molar-refractivity contribution is -0.131. The first kappa shape index (κ1) is 13.0. The number of rotatable bonds is 3. The lowest BCUT2D eigenvalue weighted by Crippen LogP contribution is -2.47. The molecule has 1 saturated heterocycles. The molecule has 1 fully saturated rings. The van der Waals surface area contributed by atoms with Crippen molar-refractivity contribution in [2.24, 2.45) is 0 Å². The number of likely N-dealkylation sites (tertiary alicyclic amines) is 1. The van der Waals surface area contributed by atoms with Gasteiger partial charge >= 0.3 is 0 Å². The second kappa shape index (κ2) is 5.84. The van der Waals surface area contributed by atoms with Gasteiger partial charge in [0.2, 0.25) is 11.8 Å². The number of nitrogens with one attached hydrogen (secondary N) is 1.